The van der Waals surface area contributed by atoms with Gasteiger partial charge in [0, 0.05) is 48.3 Å². The number of allylic oxidation sites excluding steroid dienone is 1. The van der Waals surface area contributed by atoms with Crippen molar-refractivity contribution in [3.05, 3.63) is 149 Å². The van der Waals surface area contributed by atoms with E-state index in [1.807, 2.05) is 60.7 Å². The molecule has 7 rings (SSSR count). The fourth-order valence-electron chi connectivity index (χ4n) is 7.09. The third kappa shape index (κ3) is 12.8. The summed E-state index contributed by atoms with van der Waals surface area (Å²) in [4.78, 5) is 73.4. The average Bonchev–Trinajstić information content (AvgIpc) is 3.57. The van der Waals surface area contributed by atoms with E-state index in [9.17, 15) is 28.4 Å². The minimum atomic E-state index is -1.05. The number of ether oxygens (including phenoxy) is 4. The van der Waals surface area contributed by atoms with Crippen LogP contribution in [0.15, 0.2) is 126 Å². The van der Waals surface area contributed by atoms with Gasteiger partial charge < -0.3 is 46.1 Å². The molecule has 0 unspecified atom stereocenters. The van der Waals surface area contributed by atoms with E-state index >= 15 is 0 Å². The number of anilines is 1. The predicted octanol–water partition coefficient (Wildman–Crippen LogP) is 4.49. The normalized spacial score (nSPS) is 17.6. The molecule has 0 bridgehead atoms. The van der Waals surface area contributed by atoms with Crippen LogP contribution in [0.25, 0.3) is 0 Å². The summed E-state index contributed by atoms with van der Waals surface area (Å²) in [6.07, 6.45) is 2.37. The quantitative estimate of drug-likeness (QED) is 0.0674. The number of thioether (sulfide) groups is 1. The van der Waals surface area contributed by atoms with Crippen LogP contribution in [0.5, 0.6) is 5.75 Å². The largest absolute Gasteiger partial charge is 1.00 e. The zero-order chi connectivity index (χ0) is 46.5. The highest BCUT2D eigenvalue weighted by Crippen LogP contribution is 2.43. The van der Waals surface area contributed by atoms with E-state index in [4.69, 9.17) is 23.8 Å². The number of carbonyl (C=O) groups excluding carboxylic acids is 5. The number of fused-ring (bicyclic) bond motifs is 1. The van der Waals surface area contributed by atoms with E-state index in [1.54, 1.807) is 81.6 Å². The number of aromatic nitrogens is 1. The Labute approximate surface area is 397 Å². The maximum Gasteiger partial charge on any atom is 0.514 e. The molecule has 2 saturated heterocycles. The Bertz CT molecular complexity index is 2460. The second kappa shape index (κ2) is 20.9. The Hall–Kier alpha value is -6.24. The Morgan fingerprint density at radius 1 is 0.909 bits per heavy atom. The number of likely N-dealkylation sites (tertiary alicyclic amines) is 1. The second-order valence-electron chi connectivity index (χ2n) is 17.5. The standard InChI is InChI=1S/C48H50FN5O10S.BrH/c1-47(2,3)62-45(58)51-41-43-54(64-41)39(44(57)61-40(31-13-9-7-10-14-31)32-15-11-8-12-16-32)34(29-65-43)25-33-21-24-53(42(33)56)27-30-19-22-52(23-20-30)28-38(55)50-35-17-18-37(36(49)26-35)60-46(59)63-48(4,5)6;/h7-20,22-23,25-26,40-41,43H,21,24,27-29H2,1-6H3,(H-,50,51,55,58);1H/t41-,43-;/m1./s1. The first-order valence-electron chi connectivity index (χ1n) is 21.0. The molecule has 3 aliphatic rings. The topological polar surface area (TPSA) is 166 Å². The molecule has 15 nitrogen and oxygen atoms in total. The molecule has 3 aliphatic heterocycles. The van der Waals surface area contributed by atoms with E-state index in [2.05, 4.69) is 10.6 Å². The van der Waals surface area contributed by atoms with Crippen LogP contribution >= 0.6 is 11.8 Å². The lowest BCUT2D eigenvalue weighted by atomic mass is 10.0. The summed E-state index contributed by atoms with van der Waals surface area (Å²) in [6.45, 7) is 10.9. The van der Waals surface area contributed by atoms with Crippen LogP contribution < -0.4 is 36.9 Å². The Balaban J connectivity index is 0.00000720. The van der Waals surface area contributed by atoms with E-state index in [1.165, 1.54) is 29.0 Å². The SMILES string of the molecule is CC(C)(C)OC(=O)N[C@@H]1ON2C(C(=O)OC(c3ccccc3)c3ccccc3)=C(C=C3CCN(Cc4cc[n+](CC(=O)Nc5ccc(OC(=O)OC(C)(C)C)c(F)c5)cc4)C3=O)CS[C@H]12.[Br-]. The van der Waals surface area contributed by atoms with Gasteiger partial charge in [-0.1, -0.05) is 60.7 Å². The van der Waals surface area contributed by atoms with Gasteiger partial charge in [-0.25, -0.2) is 28.7 Å². The van der Waals surface area contributed by atoms with E-state index < -0.39 is 58.9 Å². The number of carbonyl (C=O) groups is 5. The highest BCUT2D eigenvalue weighted by Gasteiger charge is 2.50. The number of rotatable bonds is 12. The lowest BCUT2D eigenvalue weighted by Gasteiger charge is -2.50. The van der Waals surface area contributed by atoms with Crippen LogP contribution in [0.1, 0.15) is 70.8 Å². The molecular formula is C48H51BrFN5O10S. The highest BCUT2D eigenvalue weighted by molar-refractivity contribution is 8.00. The van der Waals surface area contributed by atoms with Gasteiger partial charge >= 0.3 is 18.2 Å². The minimum absolute atomic E-state index is 0. The number of alkyl carbamates (subject to hydrolysis) is 1. The van der Waals surface area contributed by atoms with Gasteiger partial charge in [0.25, 0.3) is 5.91 Å². The number of hydroxylamine groups is 2. The van der Waals surface area contributed by atoms with Crippen molar-refractivity contribution in [1.29, 1.82) is 0 Å². The van der Waals surface area contributed by atoms with Gasteiger partial charge in [0.1, 0.15) is 16.6 Å². The molecule has 2 N–H and O–H groups in total. The summed E-state index contributed by atoms with van der Waals surface area (Å²) in [7, 11) is 0. The van der Waals surface area contributed by atoms with Crippen molar-refractivity contribution < 1.29 is 73.7 Å². The van der Waals surface area contributed by atoms with E-state index in [0.29, 0.717) is 36.4 Å². The van der Waals surface area contributed by atoms with Crippen LogP contribution in [0, 0.1) is 5.82 Å². The second-order valence-corrected chi connectivity index (χ2v) is 18.6. The molecule has 4 heterocycles. The summed E-state index contributed by atoms with van der Waals surface area (Å²) < 4.78 is 38.0. The molecule has 2 atom stereocenters. The summed E-state index contributed by atoms with van der Waals surface area (Å²) in [5.41, 5.74) is 2.19. The third-order valence-electron chi connectivity index (χ3n) is 9.95. The molecular weight excluding hydrogens is 938 g/mol. The van der Waals surface area contributed by atoms with Crippen molar-refractivity contribution in [2.45, 2.75) is 90.0 Å². The van der Waals surface area contributed by atoms with Gasteiger partial charge in [0.15, 0.2) is 42.0 Å². The Morgan fingerprint density at radius 3 is 2.15 bits per heavy atom. The van der Waals surface area contributed by atoms with Crippen molar-refractivity contribution in [2.75, 3.05) is 17.6 Å². The van der Waals surface area contributed by atoms with Crippen molar-refractivity contribution in [2.24, 2.45) is 0 Å². The molecule has 3 amide bonds. The maximum absolute atomic E-state index is 14.7. The molecule has 2 fully saturated rings. The maximum atomic E-state index is 14.7. The first kappa shape index (κ1) is 49.2. The average molecular weight is 989 g/mol. The summed E-state index contributed by atoms with van der Waals surface area (Å²) in [5.74, 6) is -2.13. The van der Waals surface area contributed by atoms with Gasteiger partial charge in [-0.05, 0) is 88.4 Å². The van der Waals surface area contributed by atoms with Gasteiger partial charge in [0.05, 0.1) is 0 Å². The van der Waals surface area contributed by atoms with Crippen LogP contribution in [-0.4, -0.2) is 75.1 Å². The lowest BCUT2D eigenvalue weighted by Crippen LogP contribution is -3.00. The zero-order valence-electron chi connectivity index (χ0n) is 37.2. The number of halogens is 2. The molecule has 0 aliphatic carbocycles. The highest BCUT2D eigenvalue weighted by atomic mass is 79.9. The van der Waals surface area contributed by atoms with Crippen molar-refractivity contribution in [3.8, 4) is 5.75 Å². The molecule has 0 radical (unpaired) electrons. The number of amides is 3. The van der Waals surface area contributed by atoms with E-state index in [-0.39, 0.29) is 46.6 Å². The van der Waals surface area contributed by atoms with Gasteiger partial charge in [-0.15, -0.1) is 11.8 Å². The fraction of sp³-hybridized carbons (Fsp3) is 0.333. The summed E-state index contributed by atoms with van der Waals surface area (Å²) in [5, 5.41) is 6.34. The van der Waals surface area contributed by atoms with Crippen LogP contribution in [0.2, 0.25) is 0 Å². The monoisotopic (exact) mass is 987 g/mol. The Morgan fingerprint density at radius 2 is 1.55 bits per heavy atom. The summed E-state index contributed by atoms with van der Waals surface area (Å²) in [6, 6.07) is 26.1. The molecule has 66 heavy (non-hydrogen) atoms. The van der Waals surface area contributed by atoms with Crippen molar-refractivity contribution >= 4 is 47.5 Å². The molecule has 4 aromatic rings. The first-order chi connectivity index (χ1) is 30.9. The van der Waals surface area contributed by atoms with Crippen molar-refractivity contribution in [1.82, 2.24) is 15.3 Å². The number of nitrogens with one attached hydrogen (secondary N) is 2. The number of esters is 1. The van der Waals surface area contributed by atoms with Crippen LogP contribution in [-0.2, 0) is 46.5 Å². The third-order valence-corrected chi connectivity index (χ3v) is 11.2. The van der Waals surface area contributed by atoms with Gasteiger partial charge in [-0.2, -0.15) is 4.57 Å². The zero-order valence-corrected chi connectivity index (χ0v) is 39.7. The fourth-order valence-corrected chi connectivity index (χ4v) is 8.24. The number of nitrogens with zero attached hydrogens (tertiary/aromatic N) is 3. The minimum Gasteiger partial charge on any atom is -1.00 e. The molecule has 18 heteroatoms. The Kier molecular flexibility index (Phi) is 15.6. The molecule has 0 spiro atoms. The number of pyridine rings is 1. The molecule has 0 saturated carbocycles. The number of benzene rings is 3. The van der Waals surface area contributed by atoms with Gasteiger partial charge in [-0.3, -0.25) is 14.9 Å². The first-order valence-corrected chi connectivity index (χ1v) is 22.0. The van der Waals surface area contributed by atoms with E-state index in [0.717, 1.165) is 22.8 Å². The lowest BCUT2D eigenvalue weighted by molar-refractivity contribution is -0.684. The van der Waals surface area contributed by atoms with Crippen LogP contribution in [0.3, 0.4) is 0 Å². The number of hydrogen-bond acceptors (Lipinski definition) is 12. The van der Waals surface area contributed by atoms with Gasteiger partial charge in [0.2, 0.25) is 12.5 Å². The molecule has 3 aromatic carbocycles. The van der Waals surface area contributed by atoms with Crippen molar-refractivity contribution in [3.63, 3.8) is 0 Å². The smallest absolute Gasteiger partial charge is 0.514 e. The number of hydrogen-bond donors (Lipinski definition) is 2. The predicted molar refractivity (Wildman–Crippen MR) is 237 cm³/mol. The molecule has 1 aromatic heterocycles. The summed E-state index contributed by atoms with van der Waals surface area (Å²) >= 11 is 1.45. The van der Waals surface area contributed by atoms with Crippen LogP contribution in [0.4, 0.5) is 19.7 Å². The molecule has 348 valence electrons.